The van der Waals surface area contributed by atoms with E-state index in [1.165, 1.54) is 19.3 Å². The number of benzene rings is 1. The maximum absolute atomic E-state index is 8.94. The number of nitrogens with one attached hydrogen (secondary N) is 1. The average molecular weight is 461 g/mol. The predicted molar refractivity (Wildman–Crippen MR) is 143 cm³/mol. The molecule has 1 saturated carbocycles. The number of ether oxygens (including phenoxy) is 1. The molecule has 6 heteroatoms. The Kier molecular flexibility index (Phi) is 18.5. The molecule has 1 heterocycles. The van der Waals surface area contributed by atoms with Gasteiger partial charge in [0.15, 0.2) is 0 Å². The summed E-state index contributed by atoms with van der Waals surface area (Å²) in [6, 6.07) is 7.54. The monoisotopic (exact) mass is 461 g/mol. The summed E-state index contributed by atoms with van der Waals surface area (Å²) >= 11 is 0. The van der Waals surface area contributed by atoms with Gasteiger partial charge in [-0.25, -0.2) is 0 Å². The molecule has 2 N–H and O–H groups in total. The van der Waals surface area contributed by atoms with Crippen LogP contribution in [0.3, 0.4) is 0 Å². The number of hydrogen-bond donors (Lipinski definition) is 2. The Morgan fingerprint density at radius 2 is 1.42 bits per heavy atom. The number of rotatable bonds is 6. The van der Waals surface area contributed by atoms with E-state index < -0.39 is 0 Å². The Morgan fingerprint density at radius 3 is 1.76 bits per heavy atom. The first-order valence-corrected chi connectivity index (χ1v) is 12.1. The lowest BCUT2D eigenvalue weighted by Crippen LogP contribution is -2.41. The number of hydroxylamine groups is 1. The molecule has 0 unspecified atom stereocenters. The molecule has 0 amide bonds. The van der Waals surface area contributed by atoms with Gasteiger partial charge in [-0.3, -0.25) is 10.7 Å². The van der Waals surface area contributed by atoms with Gasteiger partial charge in [-0.2, -0.15) is 0 Å². The van der Waals surface area contributed by atoms with Crippen LogP contribution >= 0.6 is 0 Å². The molecule has 0 radical (unpaired) electrons. The van der Waals surface area contributed by atoms with Crippen molar-refractivity contribution in [2.75, 3.05) is 6.61 Å². The molecule has 2 fully saturated rings. The molecule has 188 valence electrons. The highest BCUT2D eigenvalue weighted by Gasteiger charge is 2.51. The van der Waals surface area contributed by atoms with Crippen LogP contribution in [0.2, 0.25) is 0 Å². The first-order chi connectivity index (χ1) is 15.7. The lowest BCUT2D eigenvalue weighted by atomic mass is 9.79. The lowest BCUT2D eigenvalue weighted by molar-refractivity contribution is 0.00578. The van der Waals surface area contributed by atoms with E-state index in [1.54, 1.807) is 18.2 Å². The summed E-state index contributed by atoms with van der Waals surface area (Å²) in [7, 11) is -0.385. The van der Waals surface area contributed by atoms with E-state index in [9.17, 15) is 0 Å². The van der Waals surface area contributed by atoms with Gasteiger partial charge in [0.2, 0.25) is 0 Å². The third kappa shape index (κ3) is 13.3. The second-order valence-corrected chi connectivity index (χ2v) is 7.95. The predicted octanol–water partition coefficient (Wildman–Crippen LogP) is 6.83. The maximum atomic E-state index is 8.94. The zero-order valence-electron chi connectivity index (χ0n) is 22.5. The SMILES string of the molecule is C1CC1.C=C/C=C(/COc1ccc(B2OC(C)(C)C(C)(C)O2)cc1)NO.C=CC.CC.CC. The van der Waals surface area contributed by atoms with Crippen molar-refractivity contribution in [3.05, 3.63) is 61.3 Å². The average Bonchev–Trinajstić information content (AvgIpc) is 3.67. The van der Waals surface area contributed by atoms with Gasteiger partial charge >= 0.3 is 7.12 Å². The maximum Gasteiger partial charge on any atom is 0.494 e. The van der Waals surface area contributed by atoms with Crippen molar-refractivity contribution in [2.24, 2.45) is 0 Å². The van der Waals surface area contributed by atoms with Crippen LogP contribution in [0.25, 0.3) is 0 Å². The van der Waals surface area contributed by atoms with Crippen molar-refractivity contribution in [3.63, 3.8) is 0 Å². The minimum absolute atomic E-state index is 0.221. The quantitative estimate of drug-likeness (QED) is 0.210. The molecule has 0 bridgehead atoms. The second-order valence-electron chi connectivity index (χ2n) is 7.95. The molecule has 1 aromatic carbocycles. The van der Waals surface area contributed by atoms with Crippen molar-refractivity contribution in [3.8, 4) is 5.75 Å². The van der Waals surface area contributed by atoms with E-state index in [-0.39, 0.29) is 24.9 Å². The van der Waals surface area contributed by atoms with Crippen LogP contribution in [-0.2, 0) is 9.31 Å². The summed E-state index contributed by atoms with van der Waals surface area (Å²) in [4.78, 5) is 0. The molecular formula is C27H48BNO4. The van der Waals surface area contributed by atoms with Gasteiger partial charge in [0, 0.05) is 0 Å². The zero-order chi connectivity index (χ0) is 25.9. The van der Waals surface area contributed by atoms with E-state index in [4.69, 9.17) is 19.3 Å². The van der Waals surface area contributed by atoms with Gasteiger partial charge in [-0.05, 0) is 58.3 Å². The summed E-state index contributed by atoms with van der Waals surface area (Å²) in [5.41, 5.74) is 2.82. The fraction of sp³-hybridized carbons (Fsp3) is 0.556. The van der Waals surface area contributed by atoms with Gasteiger partial charge in [0.1, 0.15) is 12.4 Å². The molecule has 1 aliphatic heterocycles. The number of hydrogen-bond acceptors (Lipinski definition) is 5. The molecule has 0 atom stereocenters. The highest BCUT2D eigenvalue weighted by Crippen LogP contribution is 2.36. The fourth-order valence-electron chi connectivity index (χ4n) is 2.12. The Hall–Kier alpha value is -2.02. The van der Waals surface area contributed by atoms with Gasteiger partial charge in [0.25, 0.3) is 0 Å². The Morgan fingerprint density at radius 1 is 1.00 bits per heavy atom. The van der Waals surface area contributed by atoms with Crippen LogP contribution in [0.15, 0.2) is 61.3 Å². The van der Waals surface area contributed by atoms with Crippen LogP contribution in [-0.4, -0.2) is 30.1 Å². The van der Waals surface area contributed by atoms with Crippen molar-refractivity contribution < 1.29 is 19.3 Å². The summed E-state index contributed by atoms with van der Waals surface area (Å²) in [6.07, 6.45) is 9.46. The zero-order valence-corrected chi connectivity index (χ0v) is 22.5. The first-order valence-electron chi connectivity index (χ1n) is 12.1. The summed E-state index contributed by atoms with van der Waals surface area (Å²) in [5, 5.41) is 8.94. The topological polar surface area (TPSA) is 60.0 Å². The minimum atomic E-state index is -0.385. The highest BCUT2D eigenvalue weighted by molar-refractivity contribution is 6.62. The standard InChI is InChI=1S/C17H24BNO4.2C3H6.2C2H6/c1-6-7-14(19-20)12-21-15-10-8-13(9-11-15)18-22-16(2,3)17(4,5)23-18;1-2-3-1;1-3-2;2*1-2/h6-11,19-20H,1,12H2,2-5H3;1-3H2;3H,1H2,2H3;2*1-2H3/b14-7-;;;;. The largest absolute Gasteiger partial charge is 0.494 e. The fourth-order valence-corrected chi connectivity index (χ4v) is 2.12. The van der Waals surface area contributed by atoms with Crippen molar-refractivity contribution in [1.29, 1.82) is 0 Å². The van der Waals surface area contributed by atoms with Gasteiger partial charge in [-0.1, -0.05) is 77.8 Å². The van der Waals surface area contributed by atoms with Gasteiger partial charge < -0.3 is 14.0 Å². The smallest absolute Gasteiger partial charge is 0.487 e. The van der Waals surface area contributed by atoms with Crippen LogP contribution in [0.1, 0.15) is 81.6 Å². The molecule has 1 aliphatic carbocycles. The normalized spacial score (nSPS) is 16.5. The molecule has 3 rings (SSSR count). The van der Waals surface area contributed by atoms with E-state index in [0.717, 1.165) is 5.46 Å². The molecule has 0 spiro atoms. The Bertz CT molecular complexity index is 648. The van der Waals surface area contributed by atoms with Crippen molar-refractivity contribution >= 4 is 12.6 Å². The highest BCUT2D eigenvalue weighted by atomic mass is 16.7. The van der Waals surface area contributed by atoms with Crippen LogP contribution in [0.4, 0.5) is 0 Å². The first kappa shape index (κ1) is 33.2. The van der Waals surface area contributed by atoms with Crippen LogP contribution in [0, 0.1) is 0 Å². The third-order valence-electron chi connectivity index (χ3n) is 4.62. The molecular weight excluding hydrogens is 413 g/mol. The Labute approximate surface area is 204 Å². The summed E-state index contributed by atoms with van der Waals surface area (Å²) < 4.78 is 17.6. The molecule has 33 heavy (non-hydrogen) atoms. The van der Waals surface area contributed by atoms with Crippen molar-refractivity contribution in [2.45, 2.75) is 92.8 Å². The summed E-state index contributed by atoms with van der Waals surface area (Å²) in [6.45, 7) is 25.2. The van der Waals surface area contributed by atoms with Gasteiger partial charge in [-0.15, -0.1) is 6.58 Å². The van der Waals surface area contributed by atoms with E-state index >= 15 is 0 Å². The van der Waals surface area contributed by atoms with Crippen molar-refractivity contribution in [1.82, 2.24) is 5.48 Å². The summed E-state index contributed by atoms with van der Waals surface area (Å²) in [5.74, 6) is 0.690. The molecule has 0 aromatic heterocycles. The third-order valence-corrected chi connectivity index (χ3v) is 4.62. The van der Waals surface area contributed by atoms with Crippen LogP contribution in [0.5, 0.6) is 5.75 Å². The van der Waals surface area contributed by atoms with E-state index in [0.29, 0.717) is 11.4 Å². The second kappa shape index (κ2) is 18.4. The molecule has 1 aromatic rings. The molecule has 1 saturated heterocycles. The van der Waals surface area contributed by atoms with E-state index in [1.807, 2.05) is 86.6 Å². The number of allylic oxidation sites excluding steroid dienone is 3. The van der Waals surface area contributed by atoms with Crippen LogP contribution < -0.4 is 15.7 Å². The van der Waals surface area contributed by atoms with E-state index in [2.05, 4.69) is 18.6 Å². The molecule has 2 aliphatic rings. The van der Waals surface area contributed by atoms with Gasteiger partial charge in [0.05, 0.1) is 16.9 Å². The minimum Gasteiger partial charge on any atom is -0.487 e. The lowest BCUT2D eigenvalue weighted by Gasteiger charge is -2.32. The Balaban J connectivity index is 0. The molecule has 5 nitrogen and oxygen atoms in total.